The van der Waals surface area contributed by atoms with E-state index in [0.29, 0.717) is 13.0 Å². The number of carbonyl (C=O) groups excluding carboxylic acids is 1. The smallest absolute Gasteiger partial charge is 0.231 e. The van der Waals surface area contributed by atoms with E-state index in [-0.39, 0.29) is 23.7 Å². The van der Waals surface area contributed by atoms with Gasteiger partial charge in [0.25, 0.3) is 0 Å². The fourth-order valence-corrected chi connectivity index (χ4v) is 1.64. The lowest BCUT2D eigenvalue weighted by atomic mass is 9.99. The first-order valence-electron chi connectivity index (χ1n) is 6.24. The number of hydrogen-bond donors (Lipinski definition) is 3. The molecule has 0 aliphatic rings. The number of nitrogens with two attached hydrogens (primary N) is 1. The number of carbonyl (C=O) groups is 1. The molecular formula is C12H25N3O3. The van der Waals surface area contributed by atoms with Gasteiger partial charge in [0.15, 0.2) is 5.84 Å². The normalized spacial score (nSPS) is 15.5. The summed E-state index contributed by atoms with van der Waals surface area (Å²) in [5.74, 6) is -0.598. The van der Waals surface area contributed by atoms with Crippen molar-refractivity contribution < 1.29 is 14.7 Å². The highest BCUT2D eigenvalue weighted by atomic mass is 16.5. The standard InChI is InChI=1S/C12H25N3O3/c1-5-6-9(11(13)15-17)12(16)14-10(7-18-4)8(2)3/h8-10,17H,5-7H2,1-4H3,(H2,13,15)(H,14,16). The molecule has 106 valence electrons. The fraction of sp³-hybridized carbons (Fsp3) is 0.833. The van der Waals surface area contributed by atoms with Crippen LogP contribution in [0.5, 0.6) is 0 Å². The molecule has 6 nitrogen and oxygen atoms in total. The Balaban J connectivity index is 4.66. The predicted molar refractivity (Wildman–Crippen MR) is 70.5 cm³/mol. The van der Waals surface area contributed by atoms with Gasteiger partial charge in [0.1, 0.15) is 0 Å². The summed E-state index contributed by atoms with van der Waals surface area (Å²) in [5.41, 5.74) is 5.54. The van der Waals surface area contributed by atoms with Crippen LogP contribution < -0.4 is 11.1 Å². The number of amidine groups is 1. The summed E-state index contributed by atoms with van der Waals surface area (Å²) < 4.78 is 5.07. The first-order valence-corrected chi connectivity index (χ1v) is 6.24. The van der Waals surface area contributed by atoms with Crippen LogP contribution in [0.4, 0.5) is 0 Å². The van der Waals surface area contributed by atoms with Crippen LogP contribution in [-0.4, -0.2) is 36.7 Å². The van der Waals surface area contributed by atoms with Gasteiger partial charge in [0.05, 0.1) is 18.6 Å². The molecule has 0 aromatic rings. The number of nitrogens with one attached hydrogen (secondary N) is 1. The van der Waals surface area contributed by atoms with Crippen molar-refractivity contribution >= 4 is 11.7 Å². The van der Waals surface area contributed by atoms with Crippen LogP contribution in [0, 0.1) is 11.8 Å². The van der Waals surface area contributed by atoms with Crippen molar-refractivity contribution in [3.05, 3.63) is 0 Å². The average Bonchev–Trinajstić information content (AvgIpc) is 2.34. The second-order valence-electron chi connectivity index (χ2n) is 4.68. The summed E-state index contributed by atoms with van der Waals surface area (Å²) in [6.45, 7) is 6.39. The zero-order valence-corrected chi connectivity index (χ0v) is 11.6. The third-order valence-corrected chi connectivity index (χ3v) is 2.84. The zero-order chi connectivity index (χ0) is 14.1. The topological polar surface area (TPSA) is 96.9 Å². The Morgan fingerprint density at radius 1 is 1.50 bits per heavy atom. The molecule has 0 aromatic heterocycles. The van der Waals surface area contributed by atoms with E-state index in [0.717, 1.165) is 6.42 Å². The first kappa shape index (κ1) is 16.7. The van der Waals surface area contributed by atoms with E-state index in [9.17, 15) is 4.79 Å². The molecule has 0 aliphatic carbocycles. The minimum Gasteiger partial charge on any atom is -0.409 e. The van der Waals surface area contributed by atoms with Gasteiger partial charge in [-0.15, -0.1) is 0 Å². The quantitative estimate of drug-likeness (QED) is 0.261. The molecule has 4 N–H and O–H groups in total. The van der Waals surface area contributed by atoms with E-state index in [1.807, 2.05) is 20.8 Å². The summed E-state index contributed by atoms with van der Waals surface area (Å²) in [4.78, 5) is 12.1. The Bertz CT molecular complexity index is 280. The molecule has 0 rings (SSSR count). The number of oxime groups is 1. The third kappa shape index (κ3) is 5.35. The Morgan fingerprint density at radius 3 is 2.50 bits per heavy atom. The van der Waals surface area contributed by atoms with Crippen LogP contribution in [0.3, 0.4) is 0 Å². The molecule has 18 heavy (non-hydrogen) atoms. The molecule has 0 saturated heterocycles. The Hall–Kier alpha value is -1.30. The number of ether oxygens (including phenoxy) is 1. The number of rotatable bonds is 8. The van der Waals surface area contributed by atoms with Crippen molar-refractivity contribution in [3.63, 3.8) is 0 Å². The minimum atomic E-state index is -0.585. The van der Waals surface area contributed by atoms with E-state index in [2.05, 4.69) is 10.5 Å². The molecule has 0 fully saturated rings. The predicted octanol–water partition coefficient (Wildman–Crippen LogP) is 0.936. The second kappa shape index (κ2) is 8.74. The van der Waals surface area contributed by atoms with Crippen molar-refractivity contribution in [2.45, 2.75) is 39.7 Å². The minimum absolute atomic E-state index is 0.0470. The van der Waals surface area contributed by atoms with Crippen molar-refractivity contribution in [2.75, 3.05) is 13.7 Å². The Morgan fingerprint density at radius 2 is 2.11 bits per heavy atom. The molecule has 6 heteroatoms. The molecule has 0 aromatic carbocycles. The second-order valence-corrected chi connectivity index (χ2v) is 4.68. The van der Waals surface area contributed by atoms with Crippen molar-refractivity contribution in [1.29, 1.82) is 0 Å². The van der Waals surface area contributed by atoms with Crippen molar-refractivity contribution in [1.82, 2.24) is 5.32 Å². The van der Waals surface area contributed by atoms with Crippen LogP contribution in [0.2, 0.25) is 0 Å². The fourth-order valence-electron chi connectivity index (χ4n) is 1.64. The summed E-state index contributed by atoms with van der Waals surface area (Å²) in [7, 11) is 1.59. The Kier molecular flexibility index (Phi) is 8.11. The zero-order valence-electron chi connectivity index (χ0n) is 11.6. The van der Waals surface area contributed by atoms with Gasteiger partial charge in [-0.25, -0.2) is 0 Å². The monoisotopic (exact) mass is 259 g/mol. The maximum absolute atomic E-state index is 12.1. The molecule has 1 amide bonds. The SMILES string of the molecule is CCCC(C(=O)NC(COC)C(C)C)C(N)=NO. The lowest BCUT2D eigenvalue weighted by Gasteiger charge is -2.24. The van der Waals surface area contributed by atoms with Crippen LogP contribution in [0.15, 0.2) is 5.16 Å². The highest BCUT2D eigenvalue weighted by Crippen LogP contribution is 2.09. The number of amides is 1. The van der Waals surface area contributed by atoms with Gasteiger partial charge in [-0.2, -0.15) is 0 Å². The lowest BCUT2D eigenvalue weighted by molar-refractivity contribution is -0.124. The van der Waals surface area contributed by atoms with Crippen LogP contribution in [0.1, 0.15) is 33.6 Å². The van der Waals surface area contributed by atoms with Gasteiger partial charge in [-0.05, 0) is 12.3 Å². The van der Waals surface area contributed by atoms with E-state index in [4.69, 9.17) is 15.7 Å². The number of hydrogen-bond acceptors (Lipinski definition) is 4. The van der Waals surface area contributed by atoms with Gasteiger partial charge in [-0.3, -0.25) is 4.79 Å². The highest BCUT2D eigenvalue weighted by Gasteiger charge is 2.25. The molecular weight excluding hydrogens is 234 g/mol. The van der Waals surface area contributed by atoms with E-state index in [1.165, 1.54) is 0 Å². The van der Waals surface area contributed by atoms with E-state index < -0.39 is 5.92 Å². The summed E-state index contributed by atoms with van der Waals surface area (Å²) in [6, 6.07) is -0.0756. The van der Waals surface area contributed by atoms with Gasteiger partial charge >= 0.3 is 0 Å². The number of methoxy groups -OCH3 is 1. The molecule has 0 aliphatic heterocycles. The van der Waals surface area contributed by atoms with Gasteiger partial charge in [0.2, 0.25) is 5.91 Å². The molecule has 2 atom stereocenters. The molecule has 0 heterocycles. The van der Waals surface area contributed by atoms with Crippen LogP contribution in [-0.2, 0) is 9.53 Å². The lowest BCUT2D eigenvalue weighted by Crippen LogP contribution is -2.47. The first-order chi connectivity index (χ1) is 8.47. The van der Waals surface area contributed by atoms with Crippen molar-refractivity contribution in [2.24, 2.45) is 22.7 Å². The maximum atomic E-state index is 12.1. The Labute approximate surface area is 109 Å². The molecule has 2 unspecified atom stereocenters. The molecule has 0 radical (unpaired) electrons. The number of nitrogens with zero attached hydrogens (tertiary/aromatic N) is 1. The van der Waals surface area contributed by atoms with E-state index in [1.54, 1.807) is 7.11 Å². The molecule has 0 bridgehead atoms. The molecule has 0 saturated carbocycles. The van der Waals surface area contributed by atoms with Crippen molar-refractivity contribution in [3.8, 4) is 0 Å². The highest BCUT2D eigenvalue weighted by molar-refractivity contribution is 6.02. The van der Waals surface area contributed by atoms with Gasteiger partial charge in [0, 0.05) is 7.11 Å². The largest absolute Gasteiger partial charge is 0.409 e. The molecule has 0 spiro atoms. The summed E-state index contributed by atoms with van der Waals surface area (Å²) in [6.07, 6.45) is 1.34. The van der Waals surface area contributed by atoms with Gasteiger partial charge < -0.3 is 21.0 Å². The van der Waals surface area contributed by atoms with Crippen LogP contribution >= 0.6 is 0 Å². The van der Waals surface area contributed by atoms with Crippen LogP contribution in [0.25, 0.3) is 0 Å². The van der Waals surface area contributed by atoms with Gasteiger partial charge in [-0.1, -0.05) is 32.3 Å². The summed E-state index contributed by atoms with van der Waals surface area (Å²) in [5, 5.41) is 14.5. The summed E-state index contributed by atoms with van der Waals surface area (Å²) >= 11 is 0. The third-order valence-electron chi connectivity index (χ3n) is 2.84. The van der Waals surface area contributed by atoms with E-state index >= 15 is 0 Å². The average molecular weight is 259 g/mol. The maximum Gasteiger partial charge on any atom is 0.231 e.